The number of nitrogens with one attached hydrogen (secondary N) is 3. The summed E-state index contributed by atoms with van der Waals surface area (Å²) in [5.41, 5.74) is 2.60. The van der Waals surface area contributed by atoms with Gasteiger partial charge in [-0.15, -0.1) is 0 Å². The van der Waals surface area contributed by atoms with E-state index in [0.717, 1.165) is 34.5 Å². The minimum atomic E-state index is -0.245. The highest BCUT2D eigenvalue weighted by Crippen LogP contribution is 2.28. The van der Waals surface area contributed by atoms with Crippen LogP contribution in [-0.4, -0.2) is 32.1 Å². The molecule has 3 heterocycles. The highest BCUT2D eigenvalue weighted by Gasteiger charge is 2.28. The Morgan fingerprint density at radius 3 is 2.87 bits per heavy atom. The van der Waals surface area contributed by atoms with Crippen molar-refractivity contribution in [3.8, 4) is 0 Å². The zero-order valence-electron chi connectivity index (χ0n) is 16.8. The van der Waals surface area contributed by atoms with Gasteiger partial charge in [-0.2, -0.15) is 0 Å². The largest absolute Gasteiger partial charge is 0.361 e. The molecule has 0 saturated heterocycles. The lowest BCUT2D eigenvalue weighted by Crippen LogP contribution is -2.45. The summed E-state index contributed by atoms with van der Waals surface area (Å²) in [6.45, 7) is 1.99. The molecule has 1 saturated carbocycles. The van der Waals surface area contributed by atoms with Crippen LogP contribution in [0.25, 0.3) is 10.9 Å². The lowest BCUT2D eigenvalue weighted by molar-refractivity contribution is 0.152. The highest BCUT2D eigenvalue weighted by atomic mass is 32.1. The second kappa shape index (κ2) is 8.00. The van der Waals surface area contributed by atoms with Crippen LogP contribution in [0.4, 0.5) is 10.2 Å². The Bertz CT molecular complexity index is 1190. The van der Waals surface area contributed by atoms with E-state index in [4.69, 9.17) is 12.2 Å². The van der Waals surface area contributed by atoms with E-state index >= 15 is 0 Å². The summed E-state index contributed by atoms with van der Waals surface area (Å²) in [6.07, 6.45) is 8.85. The van der Waals surface area contributed by atoms with Crippen molar-refractivity contribution in [2.45, 2.75) is 57.7 Å². The molecule has 0 amide bonds. The Hall–Kier alpha value is -2.45. The van der Waals surface area contributed by atoms with Gasteiger partial charge in [0, 0.05) is 36.2 Å². The summed E-state index contributed by atoms with van der Waals surface area (Å²) in [4.78, 5) is 21.1. The fraction of sp³-hybridized carbons (Fsp3) is 0.455. The molecular weight excluding hydrogens is 401 g/mol. The summed E-state index contributed by atoms with van der Waals surface area (Å²) in [5.74, 6) is 0.577. The molecule has 158 valence electrons. The molecular formula is C22H26FN5OS. The average Bonchev–Trinajstić information content (AvgIpc) is 3.16. The first-order chi connectivity index (χ1) is 14.6. The second-order valence-electron chi connectivity index (χ2n) is 8.37. The van der Waals surface area contributed by atoms with Crippen molar-refractivity contribution in [1.82, 2.24) is 19.4 Å². The number of rotatable bonds is 4. The van der Waals surface area contributed by atoms with Gasteiger partial charge in [0.2, 0.25) is 0 Å². The van der Waals surface area contributed by atoms with E-state index in [9.17, 15) is 9.18 Å². The van der Waals surface area contributed by atoms with Crippen LogP contribution in [0.15, 0.2) is 29.2 Å². The molecule has 0 spiro atoms. The fourth-order valence-corrected chi connectivity index (χ4v) is 5.18. The predicted molar refractivity (Wildman–Crippen MR) is 119 cm³/mol. The molecule has 3 N–H and O–H groups in total. The maximum Gasteiger partial charge on any atom is 0.258 e. The van der Waals surface area contributed by atoms with E-state index in [0.29, 0.717) is 30.3 Å². The van der Waals surface area contributed by atoms with E-state index < -0.39 is 0 Å². The van der Waals surface area contributed by atoms with Crippen molar-refractivity contribution in [3.05, 3.63) is 56.5 Å². The Morgan fingerprint density at radius 1 is 1.20 bits per heavy atom. The minimum absolute atomic E-state index is 0.103. The van der Waals surface area contributed by atoms with Crippen molar-refractivity contribution in [2.24, 2.45) is 0 Å². The van der Waals surface area contributed by atoms with Crippen LogP contribution in [-0.2, 0) is 19.5 Å². The lowest BCUT2D eigenvalue weighted by Gasteiger charge is -2.38. The van der Waals surface area contributed by atoms with Gasteiger partial charge in [0.15, 0.2) is 4.77 Å². The molecule has 2 aliphatic rings. The summed E-state index contributed by atoms with van der Waals surface area (Å²) < 4.78 is 16.1. The molecule has 1 aliphatic heterocycles. The number of aryl methyl sites for hydroxylation is 1. The number of halogens is 1. The van der Waals surface area contributed by atoms with Crippen LogP contribution in [0, 0.1) is 10.6 Å². The molecule has 0 radical (unpaired) electrons. The maximum absolute atomic E-state index is 13.7. The predicted octanol–water partition coefficient (Wildman–Crippen LogP) is 4.29. The molecule has 1 aromatic carbocycles. The number of nitrogens with zero attached hydrogens (tertiary/aromatic N) is 2. The van der Waals surface area contributed by atoms with Gasteiger partial charge in [-0.3, -0.25) is 14.7 Å². The standard InChI is InChI=1S/C22H26FN5OS/c23-15-6-7-19-17(10-15)14(11-24-19)8-9-28-20-18(21(29)26-22(28)30)12-27(13-25-20)16-4-2-1-3-5-16/h6-7,10-11,16,24-25H,1-5,8-9,12-13H2,(H,26,29,30). The number of hydrogen-bond donors (Lipinski definition) is 3. The van der Waals surface area contributed by atoms with Crippen molar-refractivity contribution < 1.29 is 4.39 Å². The maximum atomic E-state index is 13.7. The molecule has 30 heavy (non-hydrogen) atoms. The third kappa shape index (κ3) is 3.58. The van der Waals surface area contributed by atoms with Gasteiger partial charge in [0.05, 0.1) is 12.2 Å². The van der Waals surface area contributed by atoms with Crippen LogP contribution in [0.5, 0.6) is 0 Å². The Labute approximate surface area is 179 Å². The summed E-state index contributed by atoms with van der Waals surface area (Å²) in [7, 11) is 0. The van der Waals surface area contributed by atoms with Gasteiger partial charge in [0.25, 0.3) is 5.56 Å². The first-order valence-electron chi connectivity index (χ1n) is 10.7. The first-order valence-corrected chi connectivity index (χ1v) is 11.1. The third-order valence-electron chi connectivity index (χ3n) is 6.53. The summed E-state index contributed by atoms with van der Waals surface area (Å²) in [6, 6.07) is 5.31. The lowest BCUT2D eigenvalue weighted by atomic mass is 9.94. The topological polar surface area (TPSA) is 68.8 Å². The van der Waals surface area contributed by atoms with E-state index in [1.165, 1.54) is 38.2 Å². The van der Waals surface area contributed by atoms with Crippen molar-refractivity contribution in [1.29, 1.82) is 0 Å². The first kappa shape index (κ1) is 19.5. The number of H-pyrrole nitrogens is 2. The van der Waals surface area contributed by atoms with E-state index in [-0.39, 0.29) is 11.4 Å². The van der Waals surface area contributed by atoms with Crippen molar-refractivity contribution in [3.63, 3.8) is 0 Å². The number of aromatic nitrogens is 3. The van der Waals surface area contributed by atoms with E-state index in [2.05, 4.69) is 20.2 Å². The monoisotopic (exact) mass is 427 g/mol. The minimum Gasteiger partial charge on any atom is -0.361 e. The molecule has 2 aromatic heterocycles. The highest BCUT2D eigenvalue weighted by molar-refractivity contribution is 7.71. The molecule has 0 bridgehead atoms. The normalized spacial score (nSPS) is 17.8. The molecule has 6 nitrogen and oxygen atoms in total. The number of fused-ring (bicyclic) bond motifs is 2. The number of anilines is 1. The molecule has 1 aliphatic carbocycles. The zero-order chi connectivity index (χ0) is 20.7. The van der Waals surface area contributed by atoms with Gasteiger partial charge in [-0.25, -0.2) is 4.39 Å². The Balaban J connectivity index is 1.41. The van der Waals surface area contributed by atoms with Gasteiger partial charge < -0.3 is 14.9 Å². The summed E-state index contributed by atoms with van der Waals surface area (Å²) >= 11 is 5.48. The zero-order valence-corrected chi connectivity index (χ0v) is 17.7. The average molecular weight is 428 g/mol. The number of hydrogen-bond acceptors (Lipinski definition) is 4. The molecule has 0 unspecified atom stereocenters. The SMILES string of the molecule is O=c1[nH]c(=S)n(CCc2c[nH]c3ccc(F)cc23)c2c1CN(C1CCCCC1)CN2. The van der Waals surface area contributed by atoms with Crippen molar-refractivity contribution in [2.75, 3.05) is 12.0 Å². The van der Waals surface area contributed by atoms with Gasteiger partial charge in [0.1, 0.15) is 11.6 Å². The quantitative estimate of drug-likeness (QED) is 0.544. The summed E-state index contributed by atoms with van der Waals surface area (Å²) in [5, 5.41) is 4.36. The Kier molecular flexibility index (Phi) is 5.20. The Morgan fingerprint density at radius 2 is 2.03 bits per heavy atom. The smallest absolute Gasteiger partial charge is 0.258 e. The molecule has 8 heteroatoms. The van der Waals surface area contributed by atoms with E-state index in [1.54, 1.807) is 12.1 Å². The molecule has 1 fully saturated rings. The van der Waals surface area contributed by atoms with Crippen LogP contribution in [0.1, 0.15) is 43.2 Å². The van der Waals surface area contributed by atoms with Crippen molar-refractivity contribution >= 4 is 28.9 Å². The number of aromatic amines is 2. The van der Waals surface area contributed by atoms with E-state index in [1.807, 2.05) is 10.8 Å². The molecule has 3 aromatic rings. The molecule has 5 rings (SSSR count). The fourth-order valence-electron chi connectivity index (χ4n) is 4.90. The number of benzene rings is 1. The van der Waals surface area contributed by atoms with Gasteiger partial charge >= 0.3 is 0 Å². The van der Waals surface area contributed by atoms with Crippen LogP contribution >= 0.6 is 12.2 Å². The molecule has 0 atom stereocenters. The van der Waals surface area contributed by atoms with Crippen LogP contribution in [0.3, 0.4) is 0 Å². The second-order valence-corrected chi connectivity index (χ2v) is 8.75. The van der Waals surface area contributed by atoms with Gasteiger partial charge in [-0.1, -0.05) is 19.3 Å². The van der Waals surface area contributed by atoms with Gasteiger partial charge in [-0.05, 0) is 55.2 Å². The van der Waals surface area contributed by atoms with Crippen LogP contribution in [0.2, 0.25) is 0 Å². The third-order valence-corrected chi connectivity index (χ3v) is 6.85. The van der Waals surface area contributed by atoms with Crippen LogP contribution < -0.4 is 10.9 Å².